The SMILES string of the molecule is Cc1n[nH]c(=O)[nH]1. The second kappa shape index (κ2) is 1.22. The lowest BCUT2D eigenvalue weighted by Crippen LogP contribution is -2.00. The lowest BCUT2D eigenvalue weighted by atomic mass is 10.8. The van der Waals surface area contributed by atoms with Gasteiger partial charge in [-0.2, -0.15) is 5.10 Å². The van der Waals surface area contributed by atoms with E-state index in [1.165, 1.54) is 0 Å². The highest BCUT2D eigenvalue weighted by Crippen LogP contribution is 1.68. The summed E-state index contributed by atoms with van der Waals surface area (Å²) in [6, 6.07) is 0. The first-order valence-corrected chi connectivity index (χ1v) is 1.90. The van der Waals surface area contributed by atoms with Crippen LogP contribution < -0.4 is 5.69 Å². The van der Waals surface area contributed by atoms with Crippen LogP contribution in [0.3, 0.4) is 0 Å². The highest BCUT2D eigenvalue weighted by atomic mass is 16.1. The zero-order chi connectivity index (χ0) is 5.28. The summed E-state index contributed by atoms with van der Waals surface area (Å²) in [7, 11) is 0. The van der Waals surface area contributed by atoms with Gasteiger partial charge in [0.2, 0.25) is 0 Å². The molecule has 0 fully saturated rings. The number of nitrogens with one attached hydrogen (secondary N) is 2. The van der Waals surface area contributed by atoms with E-state index in [1.807, 2.05) is 0 Å². The summed E-state index contributed by atoms with van der Waals surface area (Å²) in [5.74, 6) is 0.616. The third-order valence-electron chi connectivity index (χ3n) is 0.620. The molecule has 0 radical (unpaired) electrons. The van der Waals surface area contributed by atoms with Crippen molar-refractivity contribution >= 4 is 0 Å². The molecule has 0 aliphatic rings. The normalized spacial score (nSPS) is 9.29. The number of rotatable bonds is 0. The largest absolute Gasteiger partial charge is 0.340 e. The molecule has 0 atom stereocenters. The molecule has 0 aliphatic carbocycles. The minimum atomic E-state index is -0.252. The minimum Gasteiger partial charge on any atom is -0.293 e. The van der Waals surface area contributed by atoms with Gasteiger partial charge in [-0.3, -0.25) is 4.98 Å². The van der Waals surface area contributed by atoms with E-state index in [0.717, 1.165) is 0 Å². The van der Waals surface area contributed by atoms with E-state index in [1.54, 1.807) is 6.92 Å². The fourth-order valence-corrected chi connectivity index (χ4v) is 0.355. The van der Waals surface area contributed by atoms with Gasteiger partial charge in [-0.1, -0.05) is 0 Å². The predicted octanol–water partition coefficient (Wildman–Crippen LogP) is -0.594. The van der Waals surface area contributed by atoms with Crippen LogP contribution in [-0.4, -0.2) is 15.2 Å². The zero-order valence-electron chi connectivity index (χ0n) is 3.86. The number of hydrogen-bond acceptors (Lipinski definition) is 2. The number of nitrogens with zero attached hydrogens (tertiary/aromatic N) is 1. The van der Waals surface area contributed by atoms with E-state index in [4.69, 9.17) is 0 Å². The maximum Gasteiger partial charge on any atom is 0.340 e. The van der Waals surface area contributed by atoms with Crippen LogP contribution in [-0.2, 0) is 0 Å². The molecule has 1 rings (SSSR count). The molecular formula is C3H5N3O. The van der Waals surface area contributed by atoms with Crippen molar-refractivity contribution in [1.29, 1.82) is 0 Å². The molecule has 0 saturated carbocycles. The fraction of sp³-hybridized carbons (Fsp3) is 0.333. The molecule has 0 amide bonds. The van der Waals surface area contributed by atoms with Crippen LogP contribution >= 0.6 is 0 Å². The maximum absolute atomic E-state index is 10.1. The smallest absolute Gasteiger partial charge is 0.293 e. The van der Waals surface area contributed by atoms with Crippen molar-refractivity contribution < 1.29 is 0 Å². The summed E-state index contributed by atoms with van der Waals surface area (Å²) in [5, 5.41) is 5.73. The van der Waals surface area contributed by atoms with Gasteiger partial charge in [0.1, 0.15) is 5.82 Å². The Morgan fingerprint density at radius 1 is 1.71 bits per heavy atom. The van der Waals surface area contributed by atoms with E-state index in [9.17, 15) is 4.79 Å². The molecule has 0 bridgehead atoms. The van der Waals surface area contributed by atoms with Crippen molar-refractivity contribution in [2.24, 2.45) is 0 Å². The van der Waals surface area contributed by atoms with Gasteiger partial charge in [0.25, 0.3) is 0 Å². The minimum absolute atomic E-state index is 0.252. The monoisotopic (exact) mass is 99.0 g/mol. The number of aryl methyl sites for hydroxylation is 1. The van der Waals surface area contributed by atoms with Gasteiger partial charge < -0.3 is 0 Å². The van der Waals surface area contributed by atoms with Gasteiger partial charge in [-0.15, -0.1) is 0 Å². The van der Waals surface area contributed by atoms with Crippen LogP contribution in [0.1, 0.15) is 5.82 Å². The van der Waals surface area contributed by atoms with Crippen molar-refractivity contribution in [1.82, 2.24) is 15.2 Å². The predicted molar refractivity (Wildman–Crippen MR) is 23.9 cm³/mol. The van der Waals surface area contributed by atoms with Crippen molar-refractivity contribution in [3.05, 3.63) is 16.3 Å². The molecule has 0 saturated heterocycles. The average Bonchev–Trinajstić information content (AvgIpc) is 1.87. The molecule has 38 valence electrons. The quantitative estimate of drug-likeness (QED) is 0.456. The van der Waals surface area contributed by atoms with Crippen LogP contribution in [0.2, 0.25) is 0 Å². The van der Waals surface area contributed by atoms with Crippen molar-refractivity contribution in [3.8, 4) is 0 Å². The molecule has 0 aromatic carbocycles. The molecule has 7 heavy (non-hydrogen) atoms. The number of aromatic amines is 2. The van der Waals surface area contributed by atoms with Crippen LogP contribution in [0, 0.1) is 6.92 Å². The van der Waals surface area contributed by atoms with Gasteiger partial charge >= 0.3 is 5.69 Å². The van der Waals surface area contributed by atoms with E-state index < -0.39 is 0 Å². The average molecular weight is 99.1 g/mol. The molecule has 0 unspecified atom stereocenters. The van der Waals surface area contributed by atoms with Gasteiger partial charge in [-0.05, 0) is 6.92 Å². The summed E-state index contributed by atoms with van der Waals surface area (Å²) < 4.78 is 0. The van der Waals surface area contributed by atoms with Gasteiger partial charge in [0, 0.05) is 0 Å². The molecule has 4 heteroatoms. The van der Waals surface area contributed by atoms with Crippen molar-refractivity contribution in [2.75, 3.05) is 0 Å². The molecule has 1 aromatic heterocycles. The maximum atomic E-state index is 10.1. The Labute approximate surface area is 39.6 Å². The number of aromatic nitrogens is 3. The Bertz CT molecular complexity index is 198. The molecule has 1 aromatic rings. The van der Waals surface area contributed by atoms with Crippen LogP contribution in [0.4, 0.5) is 0 Å². The number of H-pyrrole nitrogens is 2. The van der Waals surface area contributed by atoms with Crippen molar-refractivity contribution in [3.63, 3.8) is 0 Å². The van der Waals surface area contributed by atoms with Gasteiger partial charge in [0.15, 0.2) is 0 Å². The highest BCUT2D eigenvalue weighted by Gasteiger charge is 1.82. The third-order valence-corrected chi connectivity index (χ3v) is 0.620. The highest BCUT2D eigenvalue weighted by molar-refractivity contribution is 4.71. The fourth-order valence-electron chi connectivity index (χ4n) is 0.355. The second-order valence-corrected chi connectivity index (χ2v) is 1.26. The van der Waals surface area contributed by atoms with Crippen molar-refractivity contribution in [2.45, 2.75) is 6.92 Å². The first kappa shape index (κ1) is 4.11. The first-order chi connectivity index (χ1) is 3.29. The summed E-state index contributed by atoms with van der Waals surface area (Å²) in [5.41, 5.74) is -0.252. The van der Waals surface area contributed by atoms with Crippen LogP contribution in [0.5, 0.6) is 0 Å². The molecule has 0 spiro atoms. The summed E-state index contributed by atoms with van der Waals surface area (Å²) >= 11 is 0. The molecule has 4 nitrogen and oxygen atoms in total. The first-order valence-electron chi connectivity index (χ1n) is 1.90. The van der Waals surface area contributed by atoms with E-state index in [2.05, 4.69) is 15.2 Å². The second-order valence-electron chi connectivity index (χ2n) is 1.26. The van der Waals surface area contributed by atoms with Crippen LogP contribution in [0.15, 0.2) is 4.79 Å². The van der Waals surface area contributed by atoms with E-state index in [0.29, 0.717) is 5.82 Å². The summed E-state index contributed by atoms with van der Waals surface area (Å²) in [6.07, 6.45) is 0. The Morgan fingerprint density at radius 3 is 2.57 bits per heavy atom. The standard InChI is InChI=1S/C3H5N3O/c1-2-4-3(7)6-5-2/h1H3,(H2,4,5,6,7). The summed E-state index contributed by atoms with van der Waals surface area (Å²) in [4.78, 5) is 12.5. The molecule has 2 N–H and O–H groups in total. The Kier molecular flexibility index (Phi) is 0.714. The molecule has 1 heterocycles. The van der Waals surface area contributed by atoms with E-state index in [-0.39, 0.29) is 5.69 Å². The zero-order valence-corrected chi connectivity index (χ0v) is 3.86. The van der Waals surface area contributed by atoms with E-state index >= 15 is 0 Å². The molecular weight excluding hydrogens is 94.1 g/mol. The van der Waals surface area contributed by atoms with Crippen LogP contribution in [0.25, 0.3) is 0 Å². The third kappa shape index (κ3) is 0.677. The number of hydrogen-bond donors (Lipinski definition) is 2. The van der Waals surface area contributed by atoms with Gasteiger partial charge in [0.05, 0.1) is 0 Å². The molecule has 0 aliphatic heterocycles. The lowest BCUT2D eigenvalue weighted by molar-refractivity contribution is 1.02. The Morgan fingerprint density at radius 2 is 2.43 bits per heavy atom. The van der Waals surface area contributed by atoms with Gasteiger partial charge in [-0.25, -0.2) is 9.89 Å². The lowest BCUT2D eigenvalue weighted by Gasteiger charge is -1.65. The summed E-state index contributed by atoms with van der Waals surface area (Å²) in [6.45, 7) is 1.71. The Balaban J connectivity index is 3.30. The Hall–Kier alpha value is -1.06. The topological polar surface area (TPSA) is 61.5 Å².